The minimum absolute atomic E-state index is 0.223. The number of rotatable bonds is 4. The first-order valence-corrected chi connectivity index (χ1v) is 5.89. The summed E-state index contributed by atoms with van der Waals surface area (Å²) >= 11 is 0. The van der Waals surface area contributed by atoms with Crippen molar-refractivity contribution in [3.8, 4) is 0 Å². The number of Topliss-reactive ketones (excluding diaryl/α,β-unsaturated/α-hetero) is 1. The normalized spacial score (nSPS) is 11.9. The van der Waals surface area contributed by atoms with Crippen LogP contribution in [0.4, 0.5) is 10.1 Å². The fourth-order valence-corrected chi connectivity index (χ4v) is 1.90. The molecule has 1 heterocycles. The molecule has 0 N–H and O–H groups in total. The highest BCUT2D eigenvalue weighted by atomic mass is 19.1. The summed E-state index contributed by atoms with van der Waals surface area (Å²) in [7, 11) is 0. The average molecular weight is 274 g/mol. The highest BCUT2D eigenvalue weighted by Gasteiger charge is 2.25. The smallest absolute Gasteiger partial charge is 0.280 e. The van der Waals surface area contributed by atoms with Gasteiger partial charge < -0.3 is 0 Å². The van der Waals surface area contributed by atoms with Crippen molar-refractivity contribution in [3.05, 3.63) is 69.8 Å². The van der Waals surface area contributed by atoms with Gasteiger partial charge in [-0.15, -0.1) is 0 Å². The molecule has 1 atom stereocenters. The first kappa shape index (κ1) is 13.8. The molecule has 0 aliphatic rings. The Morgan fingerprint density at radius 3 is 2.55 bits per heavy atom. The summed E-state index contributed by atoms with van der Waals surface area (Å²) in [6, 6.07) is 6.16. The van der Waals surface area contributed by atoms with Crippen LogP contribution < -0.4 is 0 Å². The van der Waals surface area contributed by atoms with Crippen molar-refractivity contribution in [2.24, 2.45) is 0 Å². The number of ketones is 1. The zero-order chi connectivity index (χ0) is 14.7. The van der Waals surface area contributed by atoms with E-state index < -0.39 is 28.1 Å². The van der Waals surface area contributed by atoms with Crippen LogP contribution in [0.1, 0.15) is 28.8 Å². The molecule has 20 heavy (non-hydrogen) atoms. The summed E-state index contributed by atoms with van der Waals surface area (Å²) in [6.45, 7) is 1.62. The molecule has 1 unspecified atom stereocenters. The molecular weight excluding hydrogens is 263 g/mol. The number of pyridine rings is 1. The number of nitro benzene ring substituents is 1. The van der Waals surface area contributed by atoms with Gasteiger partial charge in [0.15, 0.2) is 5.78 Å². The van der Waals surface area contributed by atoms with Crippen molar-refractivity contribution >= 4 is 11.5 Å². The number of benzene rings is 1. The summed E-state index contributed by atoms with van der Waals surface area (Å²) in [5.41, 5.74) is 0.0557. The fourth-order valence-electron chi connectivity index (χ4n) is 1.90. The highest BCUT2D eigenvalue weighted by molar-refractivity contribution is 6.03. The predicted octanol–water partition coefficient (Wildman–Crippen LogP) is 3.12. The Bertz CT molecular complexity index is 659. The van der Waals surface area contributed by atoms with Gasteiger partial charge in [0.25, 0.3) is 5.69 Å². The Hall–Kier alpha value is -2.63. The Morgan fingerprint density at radius 2 is 1.95 bits per heavy atom. The lowest BCUT2D eigenvalue weighted by molar-refractivity contribution is -0.385. The van der Waals surface area contributed by atoms with Crippen LogP contribution >= 0.6 is 0 Å². The SMILES string of the molecule is CC(C(=O)c1cc(F)ccc1[N+](=O)[O-])c1ccncc1. The maximum absolute atomic E-state index is 13.3. The van der Waals surface area contributed by atoms with E-state index in [1.165, 1.54) is 12.4 Å². The number of nitrogens with zero attached hydrogens (tertiary/aromatic N) is 2. The maximum Gasteiger partial charge on any atom is 0.280 e. The van der Waals surface area contributed by atoms with Crippen LogP contribution in [0.25, 0.3) is 0 Å². The molecule has 6 heteroatoms. The van der Waals surface area contributed by atoms with Crippen LogP contribution in [0, 0.1) is 15.9 Å². The van der Waals surface area contributed by atoms with E-state index in [2.05, 4.69) is 4.98 Å². The van der Waals surface area contributed by atoms with E-state index in [0.717, 1.165) is 18.2 Å². The lowest BCUT2D eigenvalue weighted by Crippen LogP contribution is -2.12. The Kier molecular flexibility index (Phi) is 3.84. The summed E-state index contributed by atoms with van der Waals surface area (Å²) in [4.78, 5) is 26.4. The third-order valence-corrected chi connectivity index (χ3v) is 3.02. The van der Waals surface area contributed by atoms with Crippen LogP contribution in [-0.4, -0.2) is 15.7 Å². The van der Waals surface area contributed by atoms with E-state index in [9.17, 15) is 19.3 Å². The predicted molar refractivity (Wildman–Crippen MR) is 70.0 cm³/mol. The lowest BCUT2D eigenvalue weighted by atomic mass is 9.92. The van der Waals surface area contributed by atoms with Crippen LogP contribution in [0.3, 0.4) is 0 Å². The maximum atomic E-state index is 13.3. The Morgan fingerprint density at radius 1 is 1.30 bits per heavy atom. The number of hydrogen-bond acceptors (Lipinski definition) is 4. The molecule has 0 spiro atoms. The van der Waals surface area contributed by atoms with Gasteiger partial charge in [-0.05, 0) is 29.8 Å². The molecule has 0 saturated heterocycles. The van der Waals surface area contributed by atoms with E-state index in [0.29, 0.717) is 5.56 Å². The van der Waals surface area contributed by atoms with Gasteiger partial charge in [0.1, 0.15) is 5.82 Å². The molecule has 0 aliphatic carbocycles. The number of carbonyl (C=O) groups excluding carboxylic acids is 1. The van der Waals surface area contributed by atoms with Crippen molar-refractivity contribution in [2.45, 2.75) is 12.8 Å². The molecule has 102 valence electrons. The molecule has 5 nitrogen and oxygen atoms in total. The molecule has 0 saturated carbocycles. The monoisotopic (exact) mass is 274 g/mol. The third-order valence-electron chi connectivity index (χ3n) is 3.02. The zero-order valence-electron chi connectivity index (χ0n) is 10.6. The van der Waals surface area contributed by atoms with Gasteiger partial charge >= 0.3 is 0 Å². The second kappa shape index (κ2) is 5.56. The van der Waals surface area contributed by atoms with E-state index in [1.54, 1.807) is 19.1 Å². The second-order valence-corrected chi connectivity index (χ2v) is 4.29. The topological polar surface area (TPSA) is 73.1 Å². The number of nitro groups is 1. The Balaban J connectivity index is 2.43. The van der Waals surface area contributed by atoms with Crippen LogP contribution in [0.5, 0.6) is 0 Å². The number of hydrogen-bond donors (Lipinski definition) is 0. The molecule has 2 aromatic rings. The quantitative estimate of drug-likeness (QED) is 0.488. The van der Waals surface area contributed by atoms with Crippen molar-refractivity contribution in [3.63, 3.8) is 0 Å². The number of halogens is 1. The molecule has 0 amide bonds. The standard InChI is InChI=1S/C14H11FN2O3/c1-9(10-4-6-16-7-5-10)14(18)12-8-11(15)2-3-13(12)17(19)20/h2-9H,1H3. The summed E-state index contributed by atoms with van der Waals surface area (Å²) in [5.74, 6) is -1.79. The van der Waals surface area contributed by atoms with Crippen LogP contribution in [0.2, 0.25) is 0 Å². The molecule has 0 fully saturated rings. The van der Waals surface area contributed by atoms with E-state index >= 15 is 0 Å². The minimum Gasteiger partial charge on any atom is -0.293 e. The van der Waals surface area contributed by atoms with Gasteiger partial charge in [-0.2, -0.15) is 0 Å². The number of carbonyl (C=O) groups is 1. The van der Waals surface area contributed by atoms with Gasteiger partial charge in [0.2, 0.25) is 0 Å². The van der Waals surface area contributed by atoms with Crippen molar-refractivity contribution < 1.29 is 14.1 Å². The molecule has 0 aliphatic heterocycles. The minimum atomic E-state index is -0.689. The van der Waals surface area contributed by atoms with Crippen molar-refractivity contribution in [1.82, 2.24) is 4.98 Å². The molecule has 0 radical (unpaired) electrons. The lowest BCUT2D eigenvalue weighted by Gasteiger charge is -2.10. The average Bonchev–Trinajstić information content (AvgIpc) is 2.46. The molecule has 1 aromatic heterocycles. The summed E-state index contributed by atoms with van der Waals surface area (Å²) in [6.07, 6.45) is 3.05. The van der Waals surface area contributed by atoms with Crippen molar-refractivity contribution in [2.75, 3.05) is 0 Å². The van der Waals surface area contributed by atoms with Crippen LogP contribution in [0.15, 0.2) is 42.7 Å². The van der Waals surface area contributed by atoms with Crippen LogP contribution in [-0.2, 0) is 0 Å². The molecule has 1 aromatic carbocycles. The molecule has 2 rings (SSSR count). The van der Waals surface area contributed by atoms with Gasteiger partial charge in [-0.3, -0.25) is 19.9 Å². The fraction of sp³-hybridized carbons (Fsp3) is 0.143. The molecular formula is C14H11FN2O3. The summed E-state index contributed by atoms with van der Waals surface area (Å²) in [5, 5.41) is 10.9. The van der Waals surface area contributed by atoms with E-state index in [4.69, 9.17) is 0 Å². The van der Waals surface area contributed by atoms with E-state index in [1.807, 2.05) is 0 Å². The first-order valence-electron chi connectivity index (χ1n) is 5.89. The second-order valence-electron chi connectivity index (χ2n) is 4.29. The summed E-state index contributed by atoms with van der Waals surface area (Å²) < 4.78 is 13.3. The van der Waals surface area contributed by atoms with Gasteiger partial charge in [0.05, 0.1) is 10.5 Å². The molecule has 0 bridgehead atoms. The van der Waals surface area contributed by atoms with Gasteiger partial charge in [-0.25, -0.2) is 4.39 Å². The first-order chi connectivity index (χ1) is 9.50. The van der Waals surface area contributed by atoms with Gasteiger partial charge in [0, 0.05) is 24.4 Å². The highest BCUT2D eigenvalue weighted by Crippen LogP contribution is 2.26. The number of aromatic nitrogens is 1. The van der Waals surface area contributed by atoms with Gasteiger partial charge in [-0.1, -0.05) is 6.92 Å². The third kappa shape index (κ3) is 2.69. The van der Waals surface area contributed by atoms with Crippen molar-refractivity contribution in [1.29, 1.82) is 0 Å². The zero-order valence-corrected chi connectivity index (χ0v) is 10.6. The largest absolute Gasteiger partial charge is 0.293 e. The Labute approximate surface area is 114 Å². The van der Waals surface area contributed by atoms with E-state index in [-0.39, 0.29) is 5.56 Å².